The summed E-state index contributed by atoms with van der Waals surface area (Å²) >= 11 is 0. The van der Waals surface area contributed by atoms with Gasteiger partial charge in [0.25, 0.3) is 5.91 Å². The zero-order chi connectivity index (χ0) is 20.4. The topological polar surface area (TPSA) is 96.1 Å². The highest BCUT2D eigenvalue weighted by Gasteiger charge is 2.28. The Morgan fingerprint density at radius 3 is 2.59 bits per heavy atom. The lowest BCUT2D eigenvalue weighted by molar-refractivity contribution is -0.139. The maximum Gasteiger partial charge on any atom is 0.355 e. The summed E-state index contributed by atoms with van der Waals surface area (Å²) in [7, 11) is 0. The van der Waals surface area contributed by atoms with Crippen LogP contribution in [0.1, 0.15) is 27.6 Å². The second-order valence-corrected chi connectivity index (χ2v) is 6.56. The highest BCUT2D eigenvalue weighted by molar-refractivity contribution is 6.08. The Balaban J connectivity index is 1.50. The largest absolute Gasteiger partial charge is 0.448 e. The number of halogens is 1. The first-order valence-corrected chi connectivity index (χ1v) is 8.86. The Kier molecular flexibility index (Phi) is 4.82. The maximum absolute atomic E-state index is 13.0. The van der Waals surface area contributed by atoms with E-state index in [1.807, 2.05) is 31.2 Å². The molecular formula is C21H17FN4O3. The van der Waals surface area contributed by atoms with Crippen molar-refractivity contribution in [2.75, 3.05) is 10.6 Å². The van der Waals surface area contributed by atoms with Crippen LogP contribution in [0.4, 0.5) is 15.9 Å². The van der Waals surface area contributed by atoms with E-state index in [1.165, 1.54) is 30.5 Å². The third kappa shape index (κ3) is 4.01. The number of H-pyrrole nitrogens is 1. The number of benzene rings is 2. The molecule has 1 aliphatic rings. The van der Waals surface area contributed by atoms with Crippen LogP contribution in [0.3, 0.4) is 0 Å². The molecular weight excluding hydrogens is 375 g/mol. The fourth-order valence-corrected chi connectivity index (χ4v) is 2.87. The number of aryl methyl sites for hydroxylation is 1. The quantitative estimate of drug-likeness (QED) is 0.576. The summed E-state index contributed by atoms with van der Waals surface area (Å²) in [6.45, 7) is 1.98. The Labute approximate surface area is 165 Å². The van der Waals surface area contributed by atoms with Gasteiger partial charge in [-0.15, -0.1) is 0 Å². The van der Waals surface area contributed by atoms with Gasteiger partial charge in [-0.3, -0.25) is 9.89 Å². The number of aromatic amines is 1. The van der Waals surface area contributed by atoms with Crippen LogP contribution in [-0.4, -0.2) is 22.1 Å². The van der Waals surface area contributed by atoms with Gasteiger partial charge in [0.05, 0.1) is 6.20 Å². The zero-order valence-corrected chi connectivity index (χ0v) is 15.4. The molecule has 1 aliphatic heterocycles. The van der Waals surface area contributed by atoms with E-state index in [0.717, 1.165) is 11.1 Å². The maximum atomic E-state index is 13.0. The standard InChI is InChI=1S/C21H17FN4O3/c1-12-2-4-13(5-3-12)18-10-17(21(28)29-18)25-19-16(11-23-26-19)20(27)24-15-8-6-14(22)7-9-15/h2-11,18H,1H3,(H,24,27)(H2,23,25,26). The molecule has 2 heterocycles. The lowest BCUT2D eigenvalue weighted by Crippen LogP contribution is -2.15. The van der Waals surface area contributed by atoms with Gasteiger partial charge >= 0.3 is 5.97 Å². The molecule has 7 nitrogen and oxygen atoms in total. The number of hydrogen-bond donors (Lipinski definition) is 3. The van der Waals surface area contributed by atoms with Crippen molar-refractivity contribution in [3.05, 3.63) is 89.0 Å². The summed E-state index contributed by atoms with van der Waals surface area (Å²) < 4.78 is 18.4. The zero-order valence-electron chi connectivity index (χ0n) is 15.4. The number of aromatic nitrogens is 2. The minimum Gasteiger partial charge on any atom is -0.448 e. The van der Waals surface area contributed by atoms with E-state index >= 15 is 0 Å². The first-order chi connectivity index (χ1) is 14.0. The van der Waals surface area contributed by atoms with E-state index in [2.05, 4.69) is 20.8 Å². The van der Waals surface area contributed by atoms with E-state index in [-0.39, 0.29) is 17.1 Å². The van der Waals surface area contributed by atoms with Crippen molar-refractivity contribution >= 4 is 23.4 Å². The number of hydrogen-bond acceptors (Lipinski definition) is 5. The van der Waals surface area contributed by atoms with E-state index in [9.17, 15) is 14.0 Å². The van der Waals surface area contributed by atoms with Crippen LogP contribution < -0.4 is 10.6 Å². The Morgan fingerprint density at radius 1 is 1.14 bits per heavy atom. The van der Waals surface area contributed by atoms with Crippen LogP contribution >= 0.6 is 0 Å². The normalized spacial score (nSPS) is 15.6. The van der Waals surface area contributed by atoms with Gasteiger partial charge in [-0.25, -0.2) is 9.18 Å². The SMILES string of the molecule is Cc1ccc(C2C=C(Nc3[nH]ncc3C(=O)Nc3ccc(F)cc3)C(=O)O2)cc1. The van der Waals surface area contributed by atoms with Crippen LogP contribution in [0.2, 0.25) is 0 Å². The third-order valence-corrected chi connectivity index (χ3v) is 4.42. The fourth-order valence-electron chi connectivity index (χ4n) is 2.87. The Bertz CT molecular complexity index is 1090. The molecule has 0 spiro atoms. The smallest absolute Gasteiger partial charge is 0.355 e. The Morgan fingerprint density at radius 2 is 1.86 bits per heavy atom. The van der Waals surface area contributed by atoms with Gasteiger partial charge in [0.2, 0.25) is 0 Å². The van der Waals surface area contributed by atoms with Crippen molar-refractivity contribution in [1.82, 2.24) is 10.2 Å². The number of cyclic esters (lactones) is 1. The third-order valence-electron chi connectivity index (χ3n) is 4.42. The van der Waals surface area contributed by atoms with Crippen molar-refractivity contribution in [2.45, 2.75) is 13.0 Å². The van der Waals surface area contributed by atoms with Crippen molar-refractivity contribution in [3.8, 4) is 0 Å². The molecule has 0 fully saturated rings. The van der Waals surface area contributed by atoms with Crippen molar-refractivity contribution in [2.24, 2.45) is 0 Å². The number of nitrogens with one attached hydrogen (secondary N) is 3. The van der Waals surface area contributed by atoms with E-state index in [4.69, 9.17) is 4.74 Å². The molecule has 0 aliphatic carbocycles. The average molecular weight is 392 g/mol. The number of ether oxygens (including phenoxy) is 1. The lowest BCUT2D eigenvalue weighted by atomic mass is 10.1. The molecule has 29 heavy (non-hydrogen) atoms. The minimum atomic E-state index is -0.532. The van der Waals surface area contributed by atoms with E-state index in [0.29, 0.717) is 5.69 Å². The first kappa shape index (κ1) is 18.4. The highest BCUT2D eigenvalue weighted by atomic mass is 19.1. The van der Waals surface area contributed by atoms with Crippen LogP contribution in [0.5, 0.6) is 0 Å². The second kappa shape index (κ2) is 7.59. The van der Waals surface area contributed by atoms with E-state index < -0.39 is 23.8 Å². The molecule has 3 aromatic rings. The summed E-state index contributed by atoms with van der Waals surface area (Å²) in [5, 5.41) is 12.0. The number of anilines is 2. The van der Waals surface area contributed by atoms with Crippen LogP contribution in [-0.2, 0) is 9.53 Å². The average Bonchev–Trinajstić information content (AvgIpc) is 3.31. The van der Waals surface area contributed by atoms with Gasteiger partial charge in [0.1, 0.15) is 29.0 Å². The van der Waals surface area contributed by atoms with Gasteiger partial charge in [-0.1, -0.05) is 29.8 Å². The number of nitrogens with zero attached hydrogens (tertiary/aromatic N) is 1. The molecule has 0 saturated heterocycles. The van der Waals surface area contributed by atoms with Gasteiger partial charge < -0.3 is 15.4 Å². The van der Waals surface area contributed by atoms with Crippen molar-refractivity contribution in [3.63, 3.8) is 0 Å². The van der Waals surface area contributed by atoms with Gasteiger partial charge in [-0.05, 0) is 42.8 Å². The molecule has 0 radical (unpaired) electrons. The lowest BCUT2D eigenvalue weighted by Gasteiger charge is -2.08. The fraction of sp³-hybridized carbons (Fsp3) is 0.0952. The summed E-state index contributed by atoms with van der Waals surface area (Å²) in [4.78, 5) is 24.7. The highest BCUT2D eigenvalue weighted by Crippen LogP contribution is 2.29. The number of amides is 1. The van der Waals surface area contributed by atoms with E-state index in [1.54, 1.807) is 6.08 Å². The molecule has 1 atom stereocenters. The number of carbonyl (C=O) groups is 2. The molecule has 2 aromatic carbocycles. The van der Waals surface area contributed by atoms with Gasteiger partial charge in [-0.2, -0.15) is 5.10 Å². The number of esters is 1. The minimum absolute atomic E-state index is 0.196. The predicted octanol–water partition coefficient (Wildman–Crippen LogP) is 3.70. The summed E-state index contributed by atoms with van der Waals surface area (Å²) in [6, 6.07) is 13.1. The molecule has 1 unspecified atom stereocenters. The summed E-state index contributed by atoms with van der Waals surface area (Å²) in [5.41, 5.74) is 2.79. The molecule has 0 saturated carbocycles. The molecule has 146 valence electrons. The molecule has 4 rings (SSSR count). The van der Waals surface area contributed by atoms with Gasteiger partial charge in [0.15, 0.2) is 0 Å². The van der Waals surface area contributed by atoms with Crippen LogP contribution in [0.25, 0.3) is 0 Å². The Hall–Kier alpha value is -3.94. The first-order valence-electron chi connectivity index (χ1n) is 8.86. The van der Waals surface area contributed by atoms with Crippen molar-refractivity contribution in [1.29, 1.82) is 0 Å². The monoisotopic (exact) mass is 392 g/mol. The number of rotatable bonds is 5. The molecule has 0 bridgehead atoms. The molecule has 8 heteroatoms. The summed E-state index contributed by atoms with van der Waals surface area (Å²) in [6.07, 6.45) is 2.47. The summed E-state index contributed by atoms with van der Waals surface area (Å²) in [5.74, 6) is -1.15. The molecule has 1 aromatic heterocycles. The van der Waals surface area contributed by atoms with Crippen molar-refractivity contribution < 1.29 is 18.7 Å². The van der Waals surface area contributed by atoms with Crippen LogP contribution in [0.15, 0.2) is 66.5 Å². The predicted molar refractivity (Wildman–Crippen MR) is 105 cm³/mol. The molecule has 3 N–H and O–H groups in total. The van der Waals surface area contributed by atoms with Crippen LogP contribution in [0, 0.1) is 12.7 Å². The number of carbonyl (C=O) groups excluding carboxylic acids is 2. The molecule has 1 amide bonds. The van der Waals surface area contributed by atoms with Gasteiger partial charge in [0, 0.05) is 5.69 Å². The second-order valence-electron chi connectivity index (χ2n) is 6.56.